The Hall–Kier alpha value is -0.0700. The summed E-state index contributed by atoms with van der Waals surface area (Å²) in [4.78, 5) is 0. The molecule has 1 N–H and O–H groups in total. The zero-order valence-electron chi connectivity index (χ0n) is 6.97. The van der Waals surface area contributed by atoms with Crippen molar-refractivity contribution in [3.05, 3.63) is 21.7 Å². The Balaban J connectivity index is 2.15. The third-order valence-corrected chi connectivity index (χ3v) is 1.99. The zero-order valence-corrected chi connectivity index (χ0v) is 9.13. The molecule has 12 heavy (non-hydrogen) atoms. The topological polar surface area (TPSA) is 34.4 Å². The highest BCUT2D eigenvalue weighted by Crippen LogP contribution is 2.09. The van der Waals surface area contributed by atoms with Crippen LogP contribution in [-0.2, 0) is 11.3 Å². The SMILES string of the molecule is COCCNCc1ccc(I)o1. The number of hydrogen-bond acceptors (Lipinski definition) is 3. The molecule has 0 saturated carbocycles. The van der Waals surface area contributed by atoms with Crippen molar-refractivity contribution in [1.82, 2.24) is 5.32 Å². The van der Waals surface area contributed by atoms with Gasteiger partial charge in [-0.15, -0.1) is 0 Å². The first-order valence-electron chi connectivity index (χ1n) is 3.77. The van der Waals surface area contributed by atoms with Gasteiger partial charge in [0.15, 0.2) is 3.77 Å². The summed E-state index contributed by atoms with van der Waals surface area (Å²) < 4.78 is 11.2. The molecule has 0 bridgehead atoms. The molecule has 0 unspecified atom stereocenters. The molecule has 0 spiro atoms. The van der Waals surface area contributed by atoms with Crippen LogP contribution >= 0.6 is 22.6 Å². The Morgan fingerprint density at radius 1 is 1.58 bits per heavy atom. The molecule has 0 aliphatic carbocycles. The first-order valence-corrected chi connectivity index (χ1v) is 4.84. The van der Waals surface area contributed by atoms with Crippen LogP contribution in [0.4, 0.5) is 0 Å². The molecule has 68 valence electrons. The van der Waals surface area contributed by atoms with Gasteiger partial charge in [0.05, 0.1) is 13.2 Å². The number of halogens is 1. The molecule has 4 heteroatoms. The lowest BCUT2D eigenvalue weighted by molar-refractivity contribution is 0.198. The van der Waals surface area contributed by atoms with E-state index in [-0.39, 0.29) is 0 Å². The van der Waals surface area contributed by atoms with Gasteiger partial charge in [-0.1, -0.05) is 0 Å². The Labute approximate surface area is 85.6 Å². The number of furan rings is 1. The summed E-state index contributed by atoms with van der Waals surface area (Å²) in [5.41, 5.74) is 0. The average Bonchev–Trinajstić information content (AvgIpc) is 2.45. The lowest BCUT2D eigenvalue weighted by Gasteiger charge is -2.00. The molecule has 1 heterocycles. The van der Waals surface area contributed by atoms with Crippen molar-refractivity contribution in [3.8, 4) is 0 Å². The largest absolute Gasteiger partial charge is 0.454 e. The van der Waals surface area contributed by atoms with Gasteiger partial charge in [-0.2, -0.15) is 0 Å². The summed E-state index contributed by atoms with van der Waals surface area (Å²) >= 11 is 2.15. The van der Waals surface area contributed by atoms with Crippen molar-refractivity contribution in [1.29, 1.82) is 0 Å². The van der Waals surface area contributed by atoms with Gasteiger partial charge in [-0.25, -0.2) is 0 Å². The molecule has 1 aromatic heterocycles. The summed E-state index contributed by atoms with van der Waals surface area (Å²) in [6.45, 7) is 2.36. The molecule has 1 aromatic rings. The van der Waals surface area contributed by atoms with Gasteiger partial charge >= 0.3 is 0 Å². The summed E-state index contributed by atoms with van der Waals surface area (Å²) in [6.07, 6.45) is 0. The van der Waals surface area contributed by atoms with Crippen LogP contribution < -0.4 is 5.32 Å². The minimum Gasteiger partial charge on any atom is -0.454 e. The first-order chi connectivity index (χ1) is 5.83. The Kier molecular flexibility index (Phi) is 4.63. The van der Waals surface area contributed by atoms with Gasteiger partial charge in [0.1, 0.15) is 5.76 Å². The van der Waals surface area contributed by atoms with E-state index in [1.165, 1.54) is 0 Å². The zero-order chi connectivity index (χ0) is 8.81. The lowest BCUT2D eigenvalue weighted by Crippen LogP contribution is -2.18. The second-order valence-electron chi connectivity index (χ2n) is 2.38. The van der Waals surface area contributed by atoms with Gasteiger partial charge in [-0.3, -0.25) is 0 Å². The number of nitrogens with one attached hydrogen (secondary N) is 1. The highest BCUT2D eigenvalue weighted by atomic mass is 127. The maximum Gasteiger partial charge on any atom is 0.164 e. The molecule has 0 aliphatic heterocycles. The number of rotatable bonds is 5. The fourth-order valence-electron chi connectivity index (χ4n) is 0.833. The fraction of sp³-hybridized carbons (Fsp3) is 0.500. The Morgan fingerprint density at radius 2 is 2.42 bits per heavy atom. The van der Waals surface area contributed by atoms with E-state index in [1.807, 2.05) is 12.1 Å². The summed E-state index contributed by atoms with van der Waals surface area (Å²) in [7, 11) is 1.69. The van der Waals surface area contributed by atoms with Crippen LogP contribution in [0.25, 0.3) is 0 Å². The maximum absolute atomic E-state index is 5.35. The molecule has 0 radical (unpaired) electrons. The third kappa shape index (κ3) is 3.55. The molecule has 0 aromatic carbocycles. The Bertz CT molecular complexity index is 225. The van der Waals surface area contributed by atoms with Crippen molar-refractivity contribution >= 4 is 22.6 Å². The first kappa shape index (κ1) is 10.0. The van der Waals surface area contributed by atoms with Gasteiger partial charge < -0.3 is 14.5 Å². The predicted molar refractivity (Wildman–Crippen MR) is 55.0 cm³/mol. The minimum absolute atomic E-state index is 0.734. The lowest BCUT2D eigenvalue weighted by atomic mass is 10.4. The highest BCUT2D eigenvalue weighted by Gasteiger charge is 1.97. The molecule has 0 fully saturated rings. The second kappa shape index (κ2) is 5.55. The van der Waals surface area contributed by atoms with Crippen molar-refractivity contribution in [2.24, 2.45) is 0 Å². The molecule has 1 rings (SSSR count). The number of hydrogen-bond donors (Lipinski definition) is 1. The van der Waals surface area contributed by atoms with Crippen LogP contribution in [0.2, 0.25) is 0 Å². The van der Waals surface area contributed by atoms with Gasteiger partial charge in [-0.05, 0) is 34.7 Å². The monoisotopic (exact) mass is 281 g/mol. The third-order valence-electron chi connectivity index (χ3n) is 1.41. The Morgan fingerprint density at radius 3 is 3.00 bits per heavy atom. The molecule has 0 amide bonds. The van der Waals surface area contributed by atoms with Crippen molar-refractivity contribution in [2.45, 2.75) is 6.54 Å². The van der Waals surface area contributed by atoms with E-state index in [9.17, 15) is 0 Å². The molecule has 0 atom stereocenters. The van der Waals surface area contributed by atoms with Crippen LogP contribution in [0.5, 0.6) is 0 Å². The van der Waals surface area contributed by atoms with Crippen LogP contribution in [-0.4, -0.2) is 20.3 Å². The van der Waals surface area contributed by atoms with Crippen LogP contribution in [0.1, 0.15) is 5.76 Å². The van der Waals surface area contributed by atoms with Gasteiger partial charge in [0.25, 0.3) is 0 Å². The van der Waals surface area contributed by atoms with Gasteiger partial charge in [0, 0.05) is 13.7 Å². The van der Waals surface area contributed by atoms with E-state index < -0.39 is 0 Å². The van der Waals surface area contributed by atoms with Crippen molar-refractivity contribution in [3.63, 3.8) is 0 Å². The molecular weight excluding hydrogens is 269 g/mol. The normalized spacial score (nSPS) is 10.5. The molecule has 3 nitrogen and oxygen atoms in total. The van der Waals surface area contributed by atoms with E-state index in [2.05, 4.69) is 27.9 Å². The van der Waals surface area contributed by atoms with E-state index >= 15 is 0 Å². The van der Waals surface area contributed by atoms with Crippen molar-refractivity contribution in [2.75, 3.05) is 20.3 Å². The molecule has 0 aliphatic rings. The summed E-state index contributed by atoms with van der Waals surface area (Å²) in [6, 6.07) is 3.93. The predicted octanol–water partition coefficient (Wildman–Crippen LogP) is 1.62. The number of ether oxygens (including phenoxy) is 1. The summed E-state index contributed by atoms with van der Waals surface area (Å²) in [5, 5.41) is 3.19. The maximum atomic E-state index is 5.35. The minimum atomic E-state index is 0.734. The highest BCUT2D eigenvalue weighted by molar-refractivity contribution is 14.1. The smallest absolute Gasteiger partial charge is 0.164 e. The molecule has 0 saturated heterocycles. The van der Waals surface area contributed by atoms with Gasteiger partial charge in [0.2, 0.25) is 0 Å². The standard InChI is InChI=1S/C8H12INO2/c1-11-5-4-10-6-7-2-3-8(9)12-7/h2-3,10H,4-6H2,1H3. The van der Waals surface area contributed by atoms with E-state index in [0.717, 1.165) is 29.2 Å². The van der Waals surface area contributed by atoms with Crippen LogP contribution in [0.3, 0.4) is 0 Å². The van der Waals surface area contributed by atoms with E-state index in [0.29, 0.717) is 0 Å². The fourth-order valence-corrected chi connectivity index (χ4v) is 1.30. The van der Waals surface area contributed by atoms with Crippen LogP contribution in [0, 0.1) is 3.77 Å². The van der Waals surface area contributed by atoms with E-state index in [1.54, 1.807) is 7.11 Å². The van der Waals surface area contributed by atoms with E-state index in [4.69, 9.17) is 9.15 Å². The number of methoxy groups -OCH3 is 1. The second-order valence-corrected chi connectivity index (χ2v) is 3.44. The van der Waals surface area contributed by atoms with Crippen LogP contribution in [0.15, 0.2) is 16.5 Å². The quantitative estimate of drug-likeness (QED) is 0.658. The molecular formula is C8H12INO2. The van der Waals surface area contributed by atoms with Crippen molar-refractivity contribution < 1.29 is 9.15 Å². The average molecular weight is 281 g/mol. The summed E-state index contributed by atoms with van der Waals surface area (Å²) in [5.74, 6) is 0.968.